The van der Waals surface area contributed by atoms with Crippen molar-refractivity contribution in [3.63, 3.8) is 0 Å². The molecule has 7 heteroatoms. The van der Waals surface area contributed by atoms with E-state index in [2.05, 4.69) is 15.5 Å². The number of nitroso groups, excluding NO2 is 1. The minimum absolute atomic E-state index is 0.305. The molecule has 0 unspecified atom stereocenters. The molecule has 102 valence electrons. The van der Waals surface area contributed by atoms with E-state index in [1.807, 2.05) is 0 Å². The zero-order valence-electron chi connectivity index (χ0n) is 10.6. The molecule has 0 spiro atoms. The Hall–Kier alpha value is -2.28. The summed E-state index contributed by atoms with van der Waals surface area (Å²) in [4.78, 5) is 26.0. The molecule has 20 heavy (non-hydrogen) atoms. The molecule has 1 fully saturated rings. The maximum Gasteiger partial charge on any atom is 0.341 e. The van der Waals surface area contributed by atoms with Gasteiger partial charge in [0.25, 0.3) is 0 Å². The molecular weight excluding hydrogens is 276 g/mol. The fraction of sp³-hybridized carbons (Fsp3) is 0.231. The molecule has 2 aromatic rings. The van der Waals surface area contributed by atoms with Crippen LogP contribution in [0.4, 0.5) is 15.8 Å². The molecule has 0 atom stereocenters. The SMILES string of the molecule is Nc1ccccc1C(=O)Nc1[nH+]c(C2CC2)c(N=O)s1. The van der Waals surface area contributed by atoms with Gasteiger partial charge in [0.1, 0.15) is 5.69 Å². The maximum absolute atomic E-state index is 12.1. The second-order valence-corrected chi connectivity index (χ2v) is 5.68. The zero-order valence-corrected chi connectivity index (χ0v) is 11.4. The third-order valence-electron chi connectivity index (χ3n) is 3.18. The van der Waals surface area contributed by atoms with Crippen molar-refractivity contribution in [3.05, 3.63) is 40.4 Å². The van der Waals surface area contributed by atoms with Gasteiger partial charge < -0.3 is 5.73 Å². The van der Waals surface area contributed by atoms with Gasteiger partial charge in [-0.1, -0.05) is 12.1 Å². The first-order valence-electron chi connectivity index (χ1n) is 6.24. The molecule has 0 radical (unpaired) electrons. The van der Waals surface area contributed by atoms with E-state index in [1.165, 1.54) is 0 Å². The van der Waals surface area contributed by atoms with Crippen molar-refractivity contribution in [1.82, 2.24) is 0 Å². The lowest BCUT2D eigenvalue weighted by atomic mass is 10.2. The highest BCUT2D eigenvalue weighted by atomic mass is 32.1. The van der Waals surface area contributed by atoms with Crippen LogP contribution < -0.4 is 16.0 Å². The number of carbonyl (C=O) groups excluding carboxylic acids is 1. The Balaban J connectivity index is 1.82. The number of rotatable bonds is 4. The van der Waals surface area contributed by atoms with Crippen LogP contribution in [0.15, 0.2) is 29.4 Å². The third kappa shape index (κ3) is 2.39. The van der Waals surface area contributed by atoms with E-state index >= 15 is 0 Å². The molecule has 1 aliphatic carbocycles. The van der Waals surface area contributed by atoms with Crippen molar-refractivity contribution in [2.24, 2.45) is 5.18 Å². The lowest BCUT2D eigenvalue weighted by Gasteiger charge is -1.99. The van der Waals surface area contributed by atoms with Gasteiger partial charge in [0.05, 0.1) is 5.56 Å². The second-order valence-electron chi connectivity index (χ2n) is 4.68. The Morgan fingerprint density at radius 3 is 2.80 bits per heavy atom. The molecule has 1 aromatic heterocycles. The zero-order chi connectivity index (χ0) is 14.1. The molecule has 1 aromatic carbocycles. The first kappa shape index (κ1) is 12.7. The first-order valence-corrected chi connectivity index (χ1v) is 7.06. The van der Waals surface area contributed by atoms with Gasteiger partial charge in [0.2, 0.25) is 5.00 Å². The lowest BCUT2D eigenvalue weighted by molar-refractivity contribution is -0.366. The number of para-hydroxylation sites is 1. The van der Waals surface area contributed by atoms with Crippen LogP contribution in [-0.2, 0) is 0 Å². The number of hydrogen-bond acceptors (Lipinski definition) is 5. The number of nitrogens with one attached hydrogen (secondary N) is 2. The number of amides is 1. The van der Waals surface area contributed by atoms with Crippen molar-refractivity contribution in [2.45, 2.75) is 18.8 Å². The molecule has 0 saturated heterocycles. The van der Waals surface area contributed by atoms with Crippen LogP contribution >= 0.6 is 11.3 Å². The molecule has 1 amide bonds. The predicted molar refractivity (Wildman–Crippen MR) is 77.1 cm³/mol. The quantitative estimate of drug-likeness (QED) is 0.668. The Morgan fingerprint density at radius 2 is 2.15 bits per heavy atom. The molecule has 0 bridgehead atoms. The number of H-pyrrole nitrogens is 1. The molecule has 1 heterocycles. The minimum atomic E-state index is -0.305. The molecule has 3 rings (SSSR count). The van der Waals surface area contributed by atoms with Crippen molar-refractivity contribution in [1.29, 1.82) is 0 Å². The van der Waals surface area contributed by atoms with Gasteiger partial charge in [-0.2, -0.15) is 5.32 Å². The van der Waals surface area contributed by atoms with Crippen molar-refractivity contribution >= 4 is 33.1 Å². The van der Waals surface area contributed by atoms with Gasteiger partial charge in [-0.15, -0.1) is 4.91 Å². The van der Waals surface area contributed by atoms with Gasteiger partial charge in [-0.3, -0.25) is 0 Å². The summed E-state index contributed by atoms with van der Waals surface area (Å²) in [7, 11) is 0. The summed E-state index contributed by atoms with van der Waals surface area (Å²) in [5, 5.41) is 6.65. The van der Waals surface area contributed by atoms with Crippen molar-refractivity contribution in [3.8, 4) is 0 Å². The summed E-state index contributed by atoms with van der Waals surface area (Å²) in [6, 6.07) is 6.83. The number of aromatic nitrogens is 1. The number of nitrogens with zero attached hydrogens (tertiary/aromatic N) is 1. The van der Waals surface area contributed by atoms with Gasteiger partial charge in [0.15, 0.2) is 0 Å². The number of anilines is 2. The van der Waals surface area contributed by atoms with E-state index in [1.54, 1.807) is 24.3 Å². The number of nitrogen functional groups attached to an aromatic ring is 1. The summed E-state index contributed by atoms with van der Waals surface area (Å²) in [6.07, 6.45) is 2.10. The average Bonchev–Trinajstić information content (AvgIpc) is 3.21. The number of aromatic amines is 1. The monoisotopic (exact) mass is 289 g/mol. The normalized spacial score (nSPS) is 14.0. The third-order valence-corrected chi connectivity index (χ3v) is 4.07. The van der Waals surface area contributed by atoms with Gasteiger partial charge in [-0.25, -0.2) is 9.78 Å². The predicted octanol–water partition coefficient (Wildman–Crippen LogP) is 2.67. The summed E-state index contributed by atoms with van der Waals surface area (Å²) < 4.78 is 0. The highest BCUT2D eigenvalue weighted by Crippen LogP contribution is 2.45. The van der Waals surface area contributed by atoms with Crippen LogP contribution in [-0.4, -0.2) is 5.91 Å². The van der Waals surface area contributed by atoms with Gasteiger partial charge >= 0.3 is 11.0 Å². The van der Waals surface area contributed by atoms with Crippen LogP contribution in [0.5, 0.6) is 0 Å². The molecular formula is C13H13N4O2S+. The Kier molecular flexibility index (Phi) is 3.19. The number of benzene rings is 1. The molecule has 1 aliphatic rings. The Bertz CT molecular complexity index is 679. The van der Waals surface area contributed by atoms with Crippen LogP contribution in [0, 0.1) is 4.91 Å². The topological polar surface area (TPSA) is 98.7 Å². The largest absolute Gasteiger partial charge is 0.398 e. The van der Waals surface area contributed by atoms with Crippen LogP contribution in [0.25, 0.3) is 0 Å². The molecule has 0 aliphatic heterocycles. The molecule has 1 saturated carbocycles. The van der Waals surface area contributed by atoms with Crippen LogP contribution in [0.2, 0.25) is 0 Å². The summed E-state index contributed by atoms with van der Waals surface area (Å²) in [5.41, 5.74) is 7.40. The highest BCUT2D eigenvalue weighted by molar-refractivity contribution is 7.19. The van der Waals surface area contributed by atoms with Crippen molar-refractivity contribution < 1.29 is 9.78 Å². The number of thiazole rings is 1. The maximum atomic E-state index is 12.1. The van der Waals surface area contributed by atoms with Crippen molar-refractivity contribution in [2.75, 3.05) is 11.1 Å². The summed E-state index contributed by atoms with van der Waals surface area (Å²) in [6.45, 7) is 0. The second kappa shape index (κ2) is 5.01. The molecule has 6 nitrogen and oxygen atoms in total. The van der Waals surface area contributed by atoms with E-state index in [-0.39, 0.29) is 5.91 Å². The number of nitrogens with two attached hydrogens (primary N) is 1. The van der Waals surface area contributed by atoms with Gasteiger partial charge in [-0.05, 0) is 41.5 Å². The minimum Gasteiger partial charge on any atom is -0.398 e. The van der Waals surface area contributed by atoms with Crippen LogP contribution in [0.3, 0.4) is 0 Å². The lowest BCUT2D eigenvalue weighted by Crippen LogP contribution is -2.19. The standard InChI is InChI=1S/C13H12N4O2S/c14-9-4-2-1-3-8(9)11(18)16-13-15-10(7-5-6-7)12(17-19)20-13/h1-4,7H,5-6,14H2,(H,15,16,18)/p+1. The van der Waals surface area contributed by atoms with E-state index < -0.39 is 0 Å². The summed E-state index contributed by atoms with van der Waals surface area (Å²) in [5.74, 6) is 0.0618. The summed E-state index contributed by atoms with van der Waals surface area (Å²) >= 11 is 1.15. The number of carbonyl (C=O) groups is 1. The smallest absolute Gasteiger partial charge is 0.341 e. The fourth-order valence-corrected chi connectivity index (χ4v) is 2.86. The first-order chi connectivity index (χ1) is 9.69. The van der Waals surface area contributed by atoms with E-state index in [9.17, 15) is 9.70 Å². The Labute approximate surface area is 119 Å². The Morgan fingerprint density at radius 1 is 1.40 bits per heavy atom. The number of hydrogen-bond donors (Lipinski definition) is 2. The fourth-order valence-electron chi connectivity index (χ4n) is 2.00. The van der Waals surface area contributed by atoms with Crippen LogP contribution in [0.1, 0.15) is 34.8 Å². The van der Waals surface area contributed by atoms with E-state index in [0.717, 1.165) is 29.9 Å². The molecule has 4 N–H and O–H groups in total. The average molecular weight is 289 g/mol. The highest BCUT2D eigenvalue weighted by Gasteiger charge is 2.33. The van der Waals surface area contributed by atoms with E-state index in [0.29, 0.717) is 27.3 Å². The van der Waals surface area contributed by atoms with E-state index in [4.69, 9.17) is 5.73 Å². The van der Waals surface area contributed by atoms with Gasteiger partial charge in [0, 0.05) is 11.6 Å².